The number of nitro groups is 1. The van der Waals surface area contributed by atoms with Gasteiger partial charge in [0.1, 0.15) is 6.54 Å². The third kappa shape index (κ3) is 14.8. The smallest absolute Gasteiger partial charge is 0.269 e. The fourth-order valence-electron chi connectivity index (χ4n) is 4.03. The van der Waals surface area contributed by atoms with Crippen LogP contribution >= 0.6 is 0 Å². The summed E-state index contributed by atoms with van der Waals surface area (Å²) in [6.07, 6.45) is 19.5. The number of nitro benzene ring substituents is 1. The highest BCUT2D eigenvalue weighted by atomic mass is 35.5. The zero-order valence-corrected chi connectivity index (χ0v) is 20.5. The first-order valence-electron chi connectivity index (χ1n) is 12.0. The molecule has 0 saturated carbocycles. The van der Waals surface area contributed by atoms with E-state index < -0.39 is 0 Å². The van der Waals surface area contributed by atoms with Crippen molar-refractivity contribution >= 4 is 5.69 Å². The van der Waals surface area contributed by atoms with Crippen molar-refractivity contribution in [2.24, 2.45) is 0 Å². The van der Waals surface area contributed by atoms with E-state index in [0.717, 1.165) is 17.6 Å². The lowest BCUT2D eigenvalue weighted by atomic mass is 10.0. The maximum atomic E-state index is 10.8. The van der Waals surface area contributed by atoms with Crippen molar-refractivity contribution in [2.75, 3.05) is 20.6 Å². The van der Waals surface area contributed by atoms with Crippen LogP contribution in [0.2, 0.25) is 0 Å². The molecule has 0 saturated heterocycles. The molecule has 0 N–H and O–H groups in total. The van der Waals surface area contributed by atoms with E-state index in [-0.39, 0.29) is 23.0 Å². The fraction of sp³-hybridized carbons (Fsp3) is 0.760. The van der Waals surface area contributed by atoms with Crippen LogP contribution in [-0.4, -0.2) is 30.0 Å². The normalized spacial score (nSPS) is 11.3. The molecule has 0 radical (unpaired) electrons. The molecule has 0 amide bonds. The first-order valence-corrected chi connectivity index (χ1v) is 12.0. The molecule has 0 bridgehead atoms. The SMILES string of the molecule is CCCCCCCCCCCCCCCC[N+](C)(C)Cc1ccc([N+](=O)[O-])cc1.[Cl-]. The van der Waals surface area contributed by atoms with Gasteiger partial charge in [0, 0.05) is 17.7 Å². The number of rotatable bonds is 18. The summed E-state index contributed by atoms with van der Waals surface area (Å²) in [5.74, 6) is 0. The van der Waals surface area contributed by atoms with Crippen LogP contribution in [-0.2, 0) is 6.54 Å². The number of benzene rings is 1. The van der Waals surface area contributed by atoms with E-state index in [4.69, 9.17) is 0 Å². The molecule has 4 nitrogen and oxygen atoms in total. The molecular formula is C25H45ClN2O2. The topological polar surface area (TPSA) is 43.1 Å². The van der Waals surface area contributed by atoms with Crippen LogP contribution in [0.4, 0.5) is 5.69 Å². The zero-order chi connectivity index (χ0) is 21.4. The van der Waals surface area contributed by atoms with Crippen LogP contribution in [0.5, 0.6) is 0 Å². The molecule has 0 aliphatic rings. The minimum atomic E-state index is -0.335. The van der Waals surface area contributed by atoms with E-state index >= 15 is 0 Å². The van der Waals surface area contributed by atoms with E-state index in [1.165, 1.54) is 95.5 Å². The van der Waals surface area contributed by atoms with E-state index in [0.29, 0.717) is 0 Å². The molecule has 0 fully saturated rings. The number of hydrogen-bond donors (Lipinski definition) is 0. The van der Waals surface area contributed by atoms with E-state index in [2.05, 4.69) is 21.0 Å². The van der Waals surface area contributed by atoms with E-state index in [1.54, 1.807) is 12.1 Å². The molecule has 30 heavy (non-hydrogen) atoms. The van der Waals surface area contributed by atoms with Crippen LogP contribution in [0, 0.1) is 10.1 Å². The van der Waals surface area contributed by atoms with Crippen molar-refractivity contribution in [1.29, 1.82) is 0 Å². The van der Waals surface area contributed by atoms with Gasteiger partial charge in [0.05, 0.1) is 25.6 Å². The van der Waals surface area contributed by atoms with Crippen LogP contribution in [0.1, 0.15) is 102 Å². The third-order valence-electron chi connectivity index (χ3n) is 5.87. The van der Waals surface area contributed by atoms with E-state index in [1.807, 2.05) is 12.1 Å². The summed E-state index contributed by atoms with van der Waals surface area (Å²) in [5.41, 5.74) is 1.34. The molecule has 1 aromatic carbocycles. The van der Waals surface area contributed by atoms with Crippen molar-refractivity contribution in [3.8, 4) is 0 Å². The highest BCUT2D eigenvalue weighted by molar-refractivity contribution is 5.32. The van der Waals surface area contributed by atoms with Gasteiger partial charge >= 0.3 is 0 Å². The minimum absolute atomic E-state index is 0. The summed E-state index contributed by atoms with van der Waals surface area (Å²) in [6, 6.07) is 7.01. The lowest BCUT2D eigenvalue weighted by molar-refractivity contribution is -0.903. The van der Waals surface area contributed by atoms with Crippen LogP contribution in [0.3, 0.4) is 0 Å². The Labute approximate surface area is 191 Å². The average Bonchev–Trinajstić information content (AvgIpc) is 2.68. The summed E-state index contributed by atoms with van der Waals surface area (Å²) in [4.78, 5) is 10.4. The molecule has 0 spiro atoms. The Hall–Kier alpha value is -1.13. The third-order valence-corrected chi connectivity index (χ3v) is 5.87. The number of halogens is 1. The van der Waals surface area contributed by atoms with Gasteiger partial charge in [0.25, 0.3) is 5.69 Å². The molecule has 0 unspecified atom stereocenters. The lowest BCUT2D eigenvalue weighted by Gasteiger charge is -2.30. The van der Waals surface area contributed by atoms with Gasteiger partial charge in [0.2, 0.25) is 0 Å². The Morgan fingerprint density at radius 3 is 1.53 bits per heavy atom. The number of non-ortho nitro benzene ring substituents is 1. The Balaban J connectivity index is 0.00000841. The molecule has 0 aromatic heterocycles. The molecule has 5 heteroatoms. The summed E-state index contributed by atoms with van der Waals surface area (Å²) >= 11 is 0. The molecule has 1 rings (SSSR count). The molecule has 0 heterocycles. The fourth-order valence-corrected chi connectivity index (χ4v) is 4.03. The molecule has 1 aromatic rings. The van der Waals surface area contributed by atoms with Crippen molar-refractivity contribution in [2.45, 2.75) is 103 Å². The predicted octanol–water partition coefficient (Wildman–Crippen LogP) is 4.66. The monoisotopic (exact) mass is 440 g/mol. The molecule has 0 aliphatic heterocycles. The number of hydrogen-bond acceptors (Lipinski definition) is 2. The number of nitrogens with zero attached hydrogens (tertiary/aromatic N) is 2. The summed E-state index contributed by atoms with van der Waals surface area (Å²) in [7, 11) is 4.51. The molecule has 174 valence electrons. The molecular weight excluding hydrogens is 396 g/mol. The standard InChI is InChI=1S/C25H45N2O2.ClH/c1-4-5-6-7-8-9-10-11-12-13-14-15-16-17-22-27(2,3)23-24-18-20-25(21-19-24)26(28)29;/h18-21H,4-17,22-23H2,1-3H3;1H/q+1;/p-1. The quantitative estimate of drug-likeness (QED) is 0.144. The minimum Gasteiger partial charge on any atom is -1.00 e. The summed E-state index contributed by atoms with van der Waals surface area (Å²) in [6.45, 7) is 4.37. The summed E-state index contributed by atoms with van der Waals surface area (Å²) < 4.78 is 0.941. The van der Waals surface area contributed by atoms with Gasteiger partial charge in [-0.15, -0.1) is 0 Å². The van der Waals surface area contributed by atoms with Crippen LogP contribution < -0.4 is 12.4 Å². The zero-order valence-electron chi connectivity index (χ0n) is 19.7. The second-order valence-corrected chi connectivity index (χ2v) is 9.34. The number of unbranched alkanes of at least 4 members (excludes halogenated alkanes) is 13. The maximum Gasteiger partial charge on any atom is 0.269 e. The van der Waals surface area contributed by atoms with Crippen molar-refractivity contribution in [3.05, 3.63) is 39.9 Å². The van der Waals surface area contributed by atoms with Gasteiger partial charge in [-0.05, 0) is 25.0 Å². The highest BCUT2D eigenvalue weighted by Crippen LogP contribution is 2.17. The van der Waals surface area contributed by atoms with Crippen LogP contribution in [0.25, 0.3) is 0 Å². The van der Waals surface area contributed by atoms with Crippen molar-refractivity contribution in [3.63, 3.8) is 0 Å². The summed E-state index contributed by atoms with van der Waals surface area (Å²) in [5, 5.41) is 10.8. The Bertz CT molecular complexity index is 547. The van der Waals surface area contributed by atoms with Crippen LogP contribution in [0.15, 0.2) is 24.3 Å². The first kappa shape index (κ1) is 28.9. The van der Waals surface area contributed by atoms with Gasteiger partial charge in [-0.1, -0.05) is 84.0 Å². The Kier molecular flexibility index (Phi) is 16.9. The second-order valence-electron chi connectivity index (χ2n) is 9.34. The van der Waals surface area contributed by atoms with Gasteiger partial charge in [0.15, 0.2) is 0 Å². The Morgan fingerprint density at radius 2 is 1.13 bits per heavy atom. The van der Waals surface area contributed by atoms with Gasteiger partial charge in [-0.2, -0.15) is 0 Å². The number of quaternary nitrogens is 1. The van der Waals surface area contributed by atoms with Gasteiger partial charge < -0.3 is 16.9 Å². The predicted molar refractivity (Wildman–Crippen MR) is 124 cm³/mol. The average molecular weight is 441 g/mol. The molecule has 0 atom stereocenters. The van der Waals surface area contributed by atoms with Gasteiger partial charge in [-0.25, -0.2) is 0 Å². The molecule has 0 aliphatic carbocycles. The lowest BCUT2D eigenvalue weighted by Crippen LogP contribution is -3.00. The van der Waals surface area contributed by atoms with Gasteiger partial charge in [-0.3, -0.25) is 10.1 Å². The van der Waals surface area contributed by atoms with E-state index in [9.17, 15) is 10.1 Å². The highest BCUT2D eigenvalue weighted by Gasteiger charge is 2.16. The Morgan fingerprint density at radius 1 is 0.733 bits per heavy atom. The van der Waals surface area contributed by atoms with Crippen molar-refractivity contribution in [1.82, 2.24) is 0 Å². The van der Waals surface area contributed by atoms with Crippen molar-refractivity contribution < 1.29 is 21.8 Å². The second kappa shape index (κ2) is 17.5. The first-order chi connectivity index (χ1) is 13.9. The largest absolute Gasteiger partial charge is 1.00 e. The maximum absolute atomic E-state index is 10.8.